The molecule has 1 unspecified atom stereocenters. The van der Waals surface area contributed by atoms with Gasteiger partial charge in [0.25, 0.3) is 11.8 Å². The third-order valence-electron chi connectivity index (χ3n) is 3.63. The van der Waals surface area contributed by atoms with Crippen molar-refractivity contribution < 1.29 is 9.59 Å². The highest BCUT2D eigenvalue weighted by Gasteiger charge is 2.30. The van der Waals surface area contributed by atoms with Gasteiger partial charge in [-0.1, -0.05) is 13.8 Å². The van der Waals surface area contributed by atoms with Crippen LogP contribution in [0.15, 0.2) is 0 Å². The van der Waals surface area contributed by atoms with E-state index in [0.717, 1.165) is 30.9 Å². The molecule has 6 nitrogen and oxygen atoms in total. The maximum absolute atomic E-state index is 12.1. The van der Waals surface area contributed by atoms with Crippen LogP contribution in [0.4, 0.5) is 10.7 Å². The Hall–Kier alpha value is -1.76. The summed E-state index contributed by atoms with van der Waals surface area (Å²) < 4.78 is 0. The molecule has 1 aliphatic rings. The number of hydrogen-bond acceptors (Lipinski definition) is 5. The number of rotatable bonds is 5. The third kappa shape index (κ3) is 3.12. The smallest absolute Gasteiger partial charge is 0.263 e. The quantitative estimate of drug-likeness (QED) is 0.765. The van der Waals surface area contributed by atoms with Gasteiger partial charge in [0.1, 0.15) is 9.88 Å². The fourth-order valence-electron chi connectivity index (χ4n) is 2.50. The number of nitrogens with zero attached hydrogens (tertiary/aromatic N) is 1. The number of amides is 2. The summed E-state index contributed by atoms with van der Waals surface area (Å²) in [5.41, 5.74) is 12.0. The number of hydrogen-bond donors (Lipinski definition) is 3. The van der Waals surface area contributed by atoms with Crippen LogP contribution >= 0.6 is 11.3 Å². The molecule has 116 valence electrons. The van der Waals surface area contributed by atoms with E-state index in [1.54, 1.807) is 0 Å². The molecule has 1 fully saturated rings. The first-order valence-electron chi connectivity index (χ1n) is 7.20. The molecule has 1 atom stereocenters. The summed E-state index contributed by atoms with van der Waals surface area (Å²) in [6.45, 7) is 6.44. The van der Waals surface area contributed by atoms with Gasteiger partial charge >= 0.3 is 0 Å². The van der Waals surface area contributed by atoms with Crippen molar-refractivity contribution in [2.45, 2.75) is 26.7 Å². The van der Waals surface area contributed by atoms with Crippen LogP contribution < -0.4 is 21.7 Å². The molecule has 2 heterocycles. The maximum Gasteiger partial charge on any atom is 0.263 e. The Balaban J connectivity index is 2.36. The molecule has 0 bridgehead atoms. The lowest BCUT2D eigenvalue weighted by Crippen LogP contribution is -2.24. The fourth-order valence-corrected chi connectivity index (χ4v) is 3.68. The summed E-state index contributed by atoms with van der Waals surface area (Å²) in [7, 11) is 0. The number of primary amides is 1. The molecule has 7 heteroatoms. The molecule has 0 radical (unpaired) electrons. The van der Waals surface area contributed by atoms with E-state index in [0.29, 0.717) is 17.3 Å². The second-order valence-electron chi connectivity index (χ2n) is 5.49. The molecule has 0 aromatic carbocycles. The molecule has 2 amide bonds. The van der Waals surface area contributed by atoms with Gasteiger partial charge < -0.3 is 21.7 Å². The van der Waals surface area contributed by atoms with Crippen LogP contribution in [-0.2, 0) is 0 Å². The largest absolute Gasteiger partial charge is 0.397 e. The molecule has 1 aromatic rings. The number of carbonyl (C=O) groups excluding carboxylic acids is 2. The Morgan fingerprint density at radius 3 is 2.71 bits per heavy atom. The first-order chi connectivity index (χ1) is 9.95. The number of carbonyl (C=O) groups is 2. The normalized spacial score (nSPS) is 18.0. The zero-order valence-electron chi connectivity index (χ0n) is 12.4. The monoisotopic (exact) mass is 310 g/mol. The predicted octanol–water partition coefficient (Wildman–Crippen LogP) is 1.42. The first kappa shape index (κ1) is 15.6. The lowest BCUT2D eigenvalue weighted by molar-refractivity contribution is 0.0958. The van der Waals surface area contributed by atoms with E-state index in [1.165, 1.54) is 11.3 Å². The maximum atomic E-state index is 12.1. The molecule has 2 rings (SSSR count). The summed E-state index contributed by atoms with van der Waals surface area (Å²) in [5.74, 6) is -0.250. The van der Waals surface area contributed by atoms with Gasteiger partial charge in [-0.2, -0.15) is 0 Å². The summed E-state index contributed by atoms with van der Waals surface area (Å²) in [4.78, 5) is 26.3. The summed E-state index contributed by atoms with van der Waals surface area (Å²) >= 11 is 1.26. The van der Waals surface area contributed by atoms with Crippen molar-refractivity contribution in [1.29, 1.82) is 0 Å². The minimum Gasteiger partial charge on any atom is -0.397 e. The zero-order chi connectivity index (χ0) is 15.6. The number of thiophene rings is 1. The number of nitrogens with two attached hydrogens (primary N) is 2. The molecule has 21 heavy (non-hydrogen) atoms. The molecule has 1 saturated heterocycles. The highest BCUT2D eigenvalue weighted by molar-refractivity contribution is 7.19. The Bertz CT molecular complexity index is 555. The molecule has 1 aromatic heterocycles. The molecule has 5 N–H and O–H groups in total. The standard InChI is InChI=1S/C14H22N4O2S/c1-3-5-17-13(20)11-10(15)9(12(16)19)14(21-11)18-6-4-8(2)7-18/h8H,3-7,15H2,1-2H3,(H2,16,19)(H,17,20). The second-order valence-corrected chi connectivity index (χ2v) is 6.48. The van der Waals surface area contributed by atoms with Crippen LogP contribution in [0.5, 0.6) is 0 Å². The van der Waals surface area contributed by atoms with Crippen molar-refractivity contribution in [2.24, 2.45) is 11.7 Å². The van der Waals surface area contributed by atoms with E-state index in [1.807, 2.05) is 6.92 Å². The van der Waals surface area contributed by atoms with E-state index in [4.69, 9.17) is 11.5 Å². The molecule has 0 spiro atoms. The van der Waals surface area contributed by atoms with Crippen LogP contribution in [-0.4, -0.2) is 31.4 Å². The lowest BCUT2D eigenvalue weighted by atomic mass is 10.2. The number of anilines is 2. The van der Waals surface area contributed by atoms with Gasteiger partial charge in [0.05, 0.1) is 11.3 Å². The van der Waals surface area contributed by atoms with Gasteiger partial charge in [0.2, 0.25) is 0 Å². The average molecular weight is 310 g/mol. The van der Waals surface area contributed by atoms with Gasteiger partial charge in [-0.15, -0.1) is 11.3 Å². The van der Waals surface area contributed by atoms with Crippen molar-refractivity contribution in [2.75, 3.05) is 30.3 Å². The van der Waals surface area contributed by atoms with Gasteiger partial charge in [0, 0.05) is 19.6 Å². The molecule has 1 aliphatic heterocycles. The minimum absolute atomic E-state index is 0.204. The zero-order valence-corrected chi connectivity index (χ0v) is 13.3. The van der Waals surface area contributed by atoms with Crippen molar-refractivity contribution >= 4 is 33.8 Å². The van der Waals surface area contributed by atoms with E-state index in [2.05, 4.69) is 17.1 Å². The second kappa shape index (κ2) is 6.34. The average Bonchev–Trinajstić information content (AvgIpc) is 2.99. The summed E-state index contributed by atoms with van der Waals surface area (Å²) in [6.07, 6.45) is 1.91. The lowest BCUT2D eigenvalue weighted by Gasteiger charge is -2.17. The molecule has 0 aliphatic carbocycles. The van der Waals surface area contributed by atoms with Crippen molar-refractivity contribution in [3.05, 3.63) is 10.4 Å². The minimum atomic E-state index is -0.576. The van der Waals surface area contributed by atoms with E-state index < -0.39 is 5.91 Å². The topological polar surface area (TPSA) is 101 Å². The predicted molar refractivity (Wildman–Crippen MR) is 85.9 cm³/mol. The van der Waals surface area contributed by atoms with Crippen molar-refractivity contribution in [3.8, 4) is 0 Å². The Labute approximate surface area is 128 Å². The fraction of sp³-hybridized carbons (Fsp3) is 0.571. The Kier molecular flexibility index (Phi) is 4.72. The third-order valence-corrected chi connectivity index (χ3v) is 4.89. The van der Waals surface area contributed by atoms with E-state index >= 15 is 0 Å². The summed E-state index contributed by atoms with van der Waals surface area (Å²) in [5, 5.41) is 3.52. The Morgan fingerprint density at radius 1 is 1.48 bits per heavy atom. The Morgan fingerprint density at radius 2 is 2.19 bits per heavy atom. The highest BCUT2D eigenvalue weighted by Crippen LogP contribution is 2.40. The van der Waals surface area contributed by atoms with E-state index in [-0.39, 0.29) is 17.2 Å². The van der Waals surface area contributed by atoms with Gasteiger partial charge in [0.15, 0.2) is 0 Å². The van der Waals surface area contributed by atoms with E-state index in [9.17, 15) is 9.59 Å². The van der Waals surface area contributed by atoms with Crippen LogP contribution in [0.2, 0.25) is 0 Å². The van der Waals surface area contributed by atoms with Gasteiger partial charge in [-0.3, -0.25) is 9.59 Å². The van der Waals surface area contributed by atoms with Crippen LogP contribution in [0.25, 0.3) is 0 Å². The van der Waals surface area contributed by atoms with Crippen molar-refractivity contribution in [1.82, 2.24) is 5.32 Å². The SMILES string of the molecule is CCCNC(=O)c1sc(N2CCC(C)C2)c(C(N)=O)c1N. The van der Waals surface area contributed by atoms with Crippen molar-refractivity contribution in [3.63, 3.8) is 0 Å². The molecule has 0 saturated carbocycles. The van der Waals surface area contributed by atoms with Crippen LogP contribution in [0.3, 0.4) is 0 Å². The molecular weight excluding hydrogens is 288 g/mol. The highest BCUT2D eigenvalue weighted by atomic mass is 32.1. The van der Waals surface area contributed by atoms with Crippen LogP contribution in [0, 0.1) is 5.92 Å². The molecular formula is C14H22N4O2S. The first-order valence-corrected chi connectivity index (χ1v) is 8.02. The summed E-state index contributed by atoms with van der Waals surface area (Å²) in [6, 6.07) is 0. The van der Waals surface area contributed by atoms with Crippen LogP contribution in [0.1, 0.15) is 46.7 Å². The number of nitrogens with one attached hydrogen (secondary N) is 1. The van der Waals surface area contributed by atoms with Gasteiger partial charge in [-0.25, -0.2) is 0 Å². The number of nitrogen functional groups attached to an aromatic ring is 1. The van der Waals surface area contributed by atoms with Gasteiger partial charge in [-0.05, 0) is 18.8 Å².